The molecule has 132 valence electrons. The molecule has 25 heavy (non-hydrogen) atoms. The number of nitrogens with one attached hydrogen (secondary N) is 1. The quantitative estimate of drug-likeness (QED) is 0.441. The topological polar surface area (TPSA) is 36.9 Å². The second-order valence-electron chi connectivity index (χ2n) is 6.19. The lowest BCUT2D eigenvalue weighted by atomic mass is 10.1. The van der Waals surface area contributed by atoms with Gasteiger partial charge in [-0.2, -0.15) is 0 Å². The Balaban J connectivity index is 1.73. The van der Waals surface area contributed by atoms with Crippen molar-refractivity contribution in [3.8, 4) is 11.5 Å². The van der Waals surface area contributed by atoms with E-state index in [1.807, 2.05) is 38.1 Å². The van der Waals surface area contributed by atoms with Crippen LogP contribution in [0.3, 0.4) is 0 Å². The summed E-state index contributed by atoms with van der Waals surface area (Å²) in [5.74, 6) is 1.63. The van der Waals surface area contributed by atoms with E-state index in [0.29, 0.717) is 0 Å². The molecular weight excluding hydrogens is 446 g/mol. The van der Waals surface area contributed by atoms with Crippen molar-refractivity contribution >= 4 is 43.9 Å². The fraction of sp³-hybridized carbons (Fsp3) is 0.316. The first kappa shape index (κ1) is 18.4. The zero-order valence-corrected chi connectivity index (χ0v) is 17.5. The number of hydrogen-bond acceptors (Lipinski definition) is 3. The molecule has 4 nitrogen and oxygen atoms in total. The van der Waals surface area contributed by atoms with Gasteiger partial charge in [0.15, 0.2) is 0 Å². The van der Waals surface area contributed by atoms with Crippen LogP contribution in [-0.4, -0.2) is 24.4 Å². The summed E-state index contributed by atoms with van der Waals surface area (Å²) in [5, 5.41) is 2.19. The molecule has 0 radical (unpaired) electrons. The average Bonchev–Trinajstić information content (AvgIpc) is 3.04. The zero-order valence-electron chi connectivity index (χ0n) is 14.4. The number of ether oxygens (including phenoxy) is 1. The molecule has 0 saturated carbocycles. The van der Waals surface area contributed by atoms with Crippen LogP contribution in [0.2, 0.25) is 0 Å². The lowest BCUT2D eigenvalue weighted by Gasteiger charge is -2.14. The summed E-state index contributed by atoms with van der Waals surface area (Å²) in [6, 6.07) is 9.97. The van der Waals surface area contributed by atoms with Crippen LogP contribution in [0.25, 0.3) is 0 Å². The molecule has 1 fully saturated rings. The van der Waals surface area contributed by atoms with E-state index >= 15 is 0 Å². The van der Waals surface area contributed by atoms with E-state index in [0.717, 1.165) is 50.3 Å². The molecule has 1 N–H and O–H groups in total. The molecule has 1 aliphatic heterocycles. The van der Waals surface area contributed by atoms with Crippen LogP contribution in [0.5, 0.6) is 11.5 Å². The molecule has 0 aliphatic carbocycles. The number of aryl methyl sites for hydroxylation is 2. The van der Waals surface area contributed by atoms with E-state index in [4.69, 9.17) is 4.74 Å². The van der Waals surface area contributed by atoms with Crippen LogP contribution >= 0.6 is 31.9 Å². The van der Waals surface area contributed by atoms with E-state index in [1.54, 1.807) is 6.34 Å². The first-order chi connectivity index (χ1) is 12.0. The van der Waals surface area contributed by atoms with Gasteiger partial charge in [0.1, 0.15) is 17.8 Å². The molecular formula is C19H21Br2N3O. The summed E-state index contributed by atoms with van der Waals surface area (Å²) in [6.45, 7) is 6.25. The van der Waals surface area contributed by atoms with Gasteiger partial charge in [-0.05, 0) is 68.1 Å². The Morgan fingerprint density at radius 3 is 2.36 bits per heavy atom. The molecule has 1 heterocycles. The van der Waals surface area contributed by atoms with Gasteiger partial charge < -0.3 is 10.2 Å². The van der Waals surface area contributed by atoms with Crippen LogP contribution in [0.1, 0.15) is 24.0 Å². The molecule has 1 aliphatic rings. The highest BCUT2D eigenvalue weighted by molar-refractivity contribution is 9.11. The highest BCUT2D eigenvalue weighted by Gasteiger charge is 2.10. The molecule has 0 atom stereocenters. The third-order valence-electron chi connectivity index (χ3n) is 4.11. The average molecular weight is 467 g/mol. The van der Waals surface area contributed by atoms with Crippen molar-refractivity contribution in [1.82, 2.24) is 10.4 Å². The Morgan fingerprint density at radius 1 is 1.00 bits per heavy atom. The third-order valence-corrected chi connectivity index (χ3v) is 5.02. The van der Waals surface area contributed by atoms with Gasteiger partial charge in [-0.1, -0.05) is 31.9 Å². The number of rotatable bonds is 5. The van der Waals surface area contributed by atoms with E-state index in [-0.39, 0.29) is 0 Å². The number of aliphatic imine (C=N–C) groups is 1. The minimum atomic E-state index is 0.788. The van der Waals surface area contributed by atoms with Crippen LogP contribution in [0, 0.1) is 13.8 Å². The predicted octanol–water partition coefficient (Wildman–Crippen LogP) is 5.88. The lowest BCUT2D eigenvalue weighted by molar-refractivity contribution is 0.300. The van der Waals surface area contributed by atoms with E-state index in [1.165, 1.54) is 12.8 Å². The van der Waals surface area contributed by atoms with Gasteiger partial charge in [0, 0.05) is 22.0 Å². The largest absolute Gasteiger partial charge is 0.457 e. The van der Waals surface area contributed by atoms with Crippen molar-refractivity contribution in [1.29, 1.82) is 0 Å². The van der Waals surface area contributed by atoms with Crippen LogP contribution in [0.4, 0.5) is 5.69 Å². The fourth-order valence-electron chi connectivity index (χ4n) is 2.76. The Hall–Kier alpha value is -1.37. The first-order valence-corrected chi connectivity index (χ1v) is 9.89. The van der Waals surface area contributed by atoms with Crippen molar-refractivity contribution < 1.29 is 4.74 Å². The molecule has 0 amide bonds. The van der Waals surface area contributed by atoms with Crippen molar-refractivity contribution in [3.05, 3.63) is 50.4 Å². The lowest BCUT2D eigenvalue weighted by Crippen LogP contribution is -2.33. The molecule has 2 aromatic rings. The minimum absolute atomic E-state index is 0.788. The molecule has 0 bridgehead atoms. The molecule has 0 unspecified atom stereocenters. The van der Waals surface area contributed by atoms with Crippen molar-refractivity contribution in [3.63, 3.8) is 0 Å². The molecule has 1 saturated heterocycles. The number of hydrogen-bond donors (Lipinski definition) is 1. The summed E-state index contributed by atoms with van der Waals surface area (Å²) < 4.78 is 8.00. The summed E-state index contributed by atoms with van der Waals surface area (Å²) >= 11 is 6.97. The van der Waals surface area contributed by atoms with Crippen molar-refractivity contribution in [2.24, 2.45) is 4.99 Å². The fourth-order valence-corrected chi connectivity index (χ4v) is 4.02. The summed E-state index contributed by atoms with van der Waals surface area (Å²) in [5.41, 5.74) is 6.32. The highest BCUT2D eigenvalue weighted by Crippen LogP contribution is 2.33. The maximum atomic E-state index is 6.06. The van der Waals surface area contributed by atoms with Crippen molar-refractivity contribution in [2.75, 3.05) is 13.1 Å². The van der Waals surface area contributed by atoms with Gasteiger partial charge in [0.25, 0.3) is 0 Å². The Labute approximate surface area is 165 Å². The van der Waals surface area contributed by atoms with Crippen molar-refractivity contribution in [2.45, 2.75) is 26.7 Å². The van der Waals surface area contributed by atoms with E-state index < -0.39 is 0 Å². The smallest absolute Gasteiger partial charge is 0.130 e. The normalized spacial score (nSPS) is 15.0. The second-order valence-corrected chi connectivity index (χ2v) is 8.02. The number of halogens is 2. The summed E-state index contributed by atoms with van der Waals surface area (Å²) in [7, 11) is 0. The molecule has 2 aromatic carbocycles. The summed E-state index contributed by atoms with van der Waals surface area (Å²) in [4.78, 5) is 4.56. The summed E-state index contributed by atoms with van der Waals surface area (Å²) in [6.07, 6.45) is 4.27. The number of hydrazine groups is 1. The van der Waals surface area contributed by atoms with Gasteiger partial charge in [-0.15, -0.1) is 0 Å². The van der Waals surface area contributed by atoms with Gasteiger partial charge >= 0.3 is 0 Å². The zero-order chi connectivity index (χ0) is 17.8. The monoisotopic (exact) mass is 465 g/mol. The molecule has 0 aromatic heterocycles. The van der Waals surface area contributed by atoms with E-state index in [2.05, 4.69) is 53.4 Å². The Kier molecular flexibility index (Phi) is 6.15. The van der Waals surface area contributed by atoms with Crippen LogP contribution < -0.4 is 10.2 Å². The standard InChI is InChI=1S/C19H21Br2N3O/c1-13-8-19(25-17-10-15(20)9-16(21)11-17)14(2)7-18(13)22-12-23-24-5-3-4-6-24/h7-12H,3-6H2,1-2H3,(H,22,23). The number of benzene rings is 2. The van der Waals surface area contributed by atoms with Gasteiger partial charge in [0.2, 0.25) is 0 Å². The predicted molar refractivity (Wildman–Crippen MR) is 110 cm³/mol. The number of nitrogens with zero attached hydrogens (tertiary/aromatic N) is 2. The third kappa shape index (κ3) is 5.06. The van der Waals surface area contributed by atoms with Gasteiger partial charge in [0.05, 0.1) is 5.69 Å². The van der Waals surface area contributed by atoms with Gasteiger partial charge in [-0.25, -0.2) is 10.0 Å². The maximum absolute atomic E-state index is 6.06. The molecule has 6 heteroatoms. The second kappa shape index (κ2) is 8.34. The Bertz CT molecular complexity index is 766. The Morgan fingerprint density at radius 2 is 1.68 bits per heavy atom. The van der Waals surface area contributed by atoms with Crippen LogP contribution in [0.15, 0.2) is 44.3 Å². The maximum Gasteiger partial charge on any atom is 0.130 e. The van der Waals surface area contributed by atoms with Crippen LogP contribution in [-0.2, 0) is 0 Å². The molecule has 0 spiro atoms. The molecule has 3 rings (SSSR count). The highest BCUT2D eigenvalue weighted by atomic mass is 79.9. The SMILES string of the molecule is Cc1cc(Oc2cc(Br)cc(Br)c2)c(C)cc1/N=C/NN1CCCC1. The first-order valence-electron chi connectivity index (χ1n) is 8.30. The minimum Gasteiger partial charge on any atom is -0.457 e. The van der Waals surface area contributed by atoms with Gasteiger partial charge in [-0.3, -0.25) is 0 Å². The van der Waals surface area contributed by atoms with E-state index in [9.17, 15) is 0 Å².